The molecule has 40 heavy (non-hydrogen) atoms. The van der Waals surface area contributed by atoms with Gasteiger partial charge in [-0.1, -0.05) is 11.8 Å². The number of carbonyl (C=O) groups is 1. The van der Waals surface area contributed by atoms with E-state index in [4.69, 9.17) is 14.5 Å². The quantitative estimate of drug-likeness (QED) is 0.412. The number of carbonyl (C=O) groups excluding carboxylic acids is 1. The average molecular weight is 541 g/mol. The first kappa shape index (κ1) is 27.5. The molecule has 9 nitrogen and oxygen atoms in total. The van der Waals surface area contributed by atoms with Gasteiger partial charge in [0.1, 0.15) is 24.2 Å². The van der Waals surface area contributed by atoms with E-state index in [0.717, 1.165) is 48.4 Å². The summed E-state index contributed by atoms with van der Waals surface area (Å²) in [6.07, 6.45) is 7.61. The van der Waals surface area contributed by atoms with E-state index in [1.165, 1.54) is 0 Å². The summed E-state index contributed by atoms with van der Waals surface area (Å²) in [7, 11) is 0. The summed E-state index contributed by atoms with van der Waals surface area (Å²) >= 11 is 0. The molecule has 0 radical (unpaired) electrons. The summed E-state index contributed by atoms with van der Waals surface area (Å²) in [5, 5.41) is 13.9. The Bertz CT molecular complexity index is 1470. The maximum atomic E-state index is 13.1. The van der Waals surface area contributed by atoms with Crippen molar-refractivity contribution in [1.82, 2.24) is 19.5 Å². The van der Waals surface area contributed by atoms with Crippen molar-refractivity contribution in [3.8, 4) is 34.8 Å². The molecular formula is C31H36N6O3. The van der Waals surface area contributed by atoms with E-state index in [1.54, 1.807) is 16.9 Å². The van der Waals surface area contributed by atoms with Gasteiger partial charge in [0, 0.05) is 55.3 Å². The van der Waals surface area contributed by atoms with Crippen LogP contribution in [-0.4, -0.2) is 70.4 Å². The lowest BCUT2D eigenvalue weighted by Gasteiger charge is -2.36. The van der Waals surface area contributed by atoms with E-state index in [1.807, 2.05) is 57.0 Å². The first-order chi connectivity index (χ1) is 19.2. The number of hydrogen-bond donors (Lipinski definition) is 0. The highest BCUT2D eigenvalue weighted by atomic mass is 16.5. The monoisotopic (exact) mass is 540 g/mol. The molecule has 0 aromatic carbocycles. The number of aromatic nitrogens is 3. The number of hydrogen-bond acceptors (Lipinski definition) is 7. The van der Waals surface area contributed by atoms with Crippen LogP contribution >= 0.6 is 0 Å². The molecule has 0 unspecified atom stereocenters. The first-order valence-electron chi connectivity index (χ1n) is 13.9. The second kappa shape index (κ2) is 11.2. The van der Waals surface area contributed by atoms with Gasteiger partial charge in [-0.15, -0.1) is 0 Å². The Balaban J connectivity index is 1.21. The lowest BCUT2D eigenvalue weighted by atomic mass is 10.0. The molecule has 3 aromatic rings. The number of nitriles is 1. The Morgan fingerprint density at radius 2 is 1.93 bits per heavy atom. The Hall–Kier alpha value is -4.08. The van der Waals surface area contributed by atoms with Gasteiger partial charge in [0.15, 0.2) is 0 Å². The third kappa shape index (κ3) is 6.21. The van der Waals surface area contributed by atoms with Crippen molar-refractivity contribution in [3.05, 3.63) is 42.4 Å². The van der Waals surface area contributed by atoms with Crippen molar-refractivity contribution in [3.63, 3.8) is 0 Å². The number of ether oxygens (including phenoxy) is 2. The predicted octanol–water partition coefficient (Wildman–Crippen LogP) is 4.30. The summed E-state index contributed by atoms with van der Waals surface area (Å²) in [5.41, 5.74) is 2.57. The Kier molecular flexibility index (Phi) is 7.69. The standard InChI is InChI=1S/C31H36N6O3/c1-5-39-25-17-26(29-24(19-32)21-34-37(29)22-25)23-7-8-27(33-20-23)35-12-14-36(15-13-35)28(38)18-31(10-11-31)9-6-16-40-30(2,3)4/h7-8,17,20-22H,5,10-16,18H2,1-4H3. The number of anilines is 1. The molecule has 4 heterocycles. The molecule has 1 saturated heterocycles. The normalized spacial score (nSPS) is 16.3. The molecule has 0 N–H and O–H groups in total. The van der Waals surface area contributed by atoms with Gasteiger partial charge in [-0.3, -0.25) is 4.79 Å². The topological polar surface area (TPSA) is 96.0 Å². The summed E-state index contributed by atoms with van der Waals surface area (Å²) in [4.78, 5) is 22.0. The molecule has 0 atom stereocenters. The smallest absolute Gasteiger partial charge is 0.224 e. The van der Waals surface area contributed by atoms with Crippen molar-refractivity contribution in [2.24, 2.45) is 5.41 Å². The van der Waals surface area contributed by atoms with Crippen molar-refractivity contribution >= 4 is 17.2 Å². The van der Waals surface area contributed by atoms with Crippen LogP contribution in [0.4, 0.5) is 5.82 Å². The van der Waals surface area contributed by atoms with E-state index >= 15 is 0 Å². The molecule has 3 aromatic heterocycles. The number of rotatable bonds is 7. The molecule has 1 amide bonds. The Labute approximate surface area is 235 Å². The molecule has 0 spiro atoms. The van der Waals surface area contributed by atoms with Gasteiger partial charge in [0.2, 0.25) is 5.91 Å². The third-order valence-electron chi connectivity index (χ3n) is 7.31. The maximum Gasteiger partial charge on any atom is 0.224 e. The van der Waals surface area contributed by atoms with Crippen molar-refractivity contribution < 1.29 is 14.3 Å². The van der Waals surface area contributed by atoms with Crippen LogP contribution in [0.3, 0.4) is 0 Å². The van der Waals surface area contributed by atoms with Crippen LogP contribution in [0.25, 0.3) is 16.6 Å². The van der Waals surface area contributed by atoms with Crippen LogP contribution in [0.2, 0.25) is 0 Å². The number of pyridine rings is 2. The van der Waals surface area contributed by atoms with Crippen LogP contribution in [0.1, 0.15) is 52.5 Å². The van der Waals surface area contributed by atoms with Crippen LogP contribution in [0.5, 0.6) is 5.75 Å². The number of nitrogens with zero attached hydrogens (tertiary/aromatic N) is 6. The Morgan fingerprint density at radius 1 is 1.15 bits per heavy atom. The largest absolute Gasteiger partial charge is 0.492 e. The van der Waals surface area contributed by atoms with Gasteiger partial charge in [0.05, 0.1) is 35.7 Å². The van der Waals surface area contributed by atoms with Crippen LogP contribution in [-0.2, 0) is 9.53 Å². The van der Waals surface area contributed by atoms with Gasteiger partial charge < -0.3 is 19.3 Å². The van der Waals surface area contributed by atoms with Gasteiger partial charge in [0.25, 0.3) is 0 Å². The molecule has 2 aliphatic rings. The molecule has 2 fully saturated rings. The maximum absolute atomic E-state index is 13.1. The highest BCUT2D eigenvalue weighted by molar-refractivity contribution is 5.85. The highest BCUT2D eigenvalue weighted by Gasteiger charge is 2.44. The van der Waals surface area contributed by atoms with Crippen molar-refractivity contribution in [2.45, 2.75) is 52.6 Å². The molecule has 1 saturated carbocycles. The van der Waals surface area contributed by atoms with Gasteiger partial charge >= 0.3 is 0 Å². The average Bonchev–Trinajstić information content (AvgIpc) is 3.58. The van der Waals surface area contributed by atoms with Crippen LogP contribution < -0.4 is 9.64 Å². The summed E-state index contributed by atoms with van der Waals surface area (Å²) < 4.78 is 13.1. The van der Waals surface area contributed by atoms with Gasteiger partial charge in [-0.05, 0) is 58.7 Å². The minimum Gasteiger partial charge on any atom is -0.492 e. The lowest BCUT2D eigenvalue weighted by molar-refractivity contribution is -0.132. The zero-order valence-corrected chi connectivity index (χ0v) is 23.7. The predicted molar refractivity (Wildman–Crippen MR) is 153 cm³/mol. The van der Waals surface area contributed by atoms with Gasteiger partial charge in [-0.25, -0.2) is 9.50 Å². The van der Waals surface area contributed by atoms with Crippen LogP contribution in [0.15, 0.2) is 36.8 Å². The number of piperazine rings is 1. The van der Waals surface area contributed by atoms with Crippen LogP contribution in [0, 0.1) is 28.6 Å². The first-order valence-corrected chi connectivity index (χ1v) is 13.9. The minimum atomic E-state index is -0.210. The zero-order valence-electron chi connectivity index (χ0n) is 23.7. The number of amides is 1. The molecule has 5 rings (SSSR count). The SMILES string of the molecule is CCOc1cc(-c2ccc(N3CCN(C(=O)CC4(C#CCOC(C)(C)C)CC4)CC3)nc2)c2c(C#N)cnn2c1. The molecule has 1 aliphatic heterocycles. The molecule has 1 aliphatic carbocycles. The van der Waals surface area contributed by atoms with E-state index in [9.17, 15) is 10.1 Å². The van der Waals surface area contributed by atoms with Crippen molar-refractivity contribution in [1.29, 1.82) is 5.26 Å². The van der Waals surface area contributed by atoms with E-state index in [2.05, 4.69) is 27.9 Å². The Morgan fingerprint density at radius 3 is 2.55 bits per heavy atom. The summed E-state index contributed by atoms with van der Waals surface area (Å²) in [6, 6.07) is 8.16. The summed E-state index contributed by atoms with van der Waals surface area (Å²) in [6.45, 7) is 11.7. The molecule has 0 bridgehead atoms. The lowest BCUT2D eigenvalue weighted by Crippen LogP contribution is -2.49. The molecule has 9 heteroatoms. The van der Waals surface area contributed by atoms with Crippen molar-refractivity contribution in [2.75, 3.05) is 44.3 Å². The van der Waals surface area contributed by atoms with E-state index in [-0.39, 0.29) is 16.9 Å². The fourth-order valence-corrected chi connectivity index (χ4v) is 4.94. The minimum absolute atomic E-state index is 0.168. The second-order valence-electron chi connectivity index (χ2n) is 11.4. The summed E-state index contributed by atoms with van der Waals surface area (Å²) in [5.74, 6) is 8.18. The fraction of sp³-hybridized carbons (Fsp3) is 0.484. The number of fused-ring (bicyclic) bond motifs is 1. The molecular weight excluding hydrogens is 504 g/mol. The second-order valence-corrected chi connectivity index (χ2v) is 11.4. The third-order valence-corrected chi connectivity index (χ3v) is 7.31. The van der Waals surface area contributed by atoms with Gasteiger partial charge in [-0.2, -0.15) is 10.4 Å². The highest BCUT2D eigenvalue weighted by Crippen LogP contribution is 2.48. The molecule has 208 valence electrons. The fourth-order valence-electron chi connectivity index (χ4n) is 4.94. The van der Waals surface area contributed by atoms with E-state index < -0.39 is 0 Å². The van der Waals surface area contributed by atoms with E-state index in [0.29, 0.717) is 44.0 Å². The zero-order chi connectivity index (χ0) is 28.3.